The monoisotopic (exact) mass is 361 g/mol. The lowest BCUT2D eigenvalue weighted by atomic mass is 9.98. The number of carbonyl (C=O) groups is 2. The summed E-state index contributed by atoms with van der Waals surface area (Å²) in [7, 11) is 0. The quantitative estimate of drug-likeness (QED) is 0.702. The van der Waals surface area contributed by atoms with E-state index in [1.807, 2.05) is 0 Å². The molecule has 0 saturated carbocycles. The summed E-state index contributed by atoms with van der Waals surface area (Å²) in [5, 5.41) is 10.5. The summed E-state index contributed by atoms with van der Waals surface area (Å²) < 4.78 is 5.18. The molecule has 0 radical (unpaired) electrons. The van der Waals surface area contributed by atoms with Crippen LogP contribution in [0.4, 0.5) is 0 Å². The molecule has 0 saturated heterocycles. The molecular formula is C20H15N3O4. The molecule has 0 bridgehead atoms. The van der Waals surface area contributed by atoms with Crippen molar-refractivity contribution in [2.45, 2.75) is 12.6 Å². The van der Waals surface area contributed by atoms with E-state index in [-0.39, 0.29) is 17.9 Å². The molecule has 1 aliphatic rings. The Morgan fingerprint density at radius 2 is 1.93 bits per heavy atom. The highest BCUT2D eigenvalue weighted by Crippen LogP contribution is 2.39. The summed E-state index contributed by atoms with van der Waals surface area (Å²) in [4.78, 5) is 35.4. The summed E-state index contributed by atoms with van der Waals surface area (Å²) in [6.07, 6.45) is 6.18. The van der Waals surface area contributed by atoms with Gasteiger partial charge in [0.05, 0.1) is 17.5 Å². The van der Waals surface area contributed by atoms with Crippen LogP contribution in [0, 0.1) is 0 Å². The zero-order chi connectivity index (χ0) is 18.8. The van der Waals surface area contributed by atoms with Gasteiger partial charge in [-0.2, -0.15) is 0 Å². The highest BCUT2D eigenvalue weighted by molar-refractivity contribution is 6.14. The van der Waals surface area contributed by atoms with E-state index >= 15 is 0 Å². The topological polar surface area (TPSA) is 96.5 Å². The molecule has 1 unspecified atom stereocenters. The molecule has 1 aliphatic heterocycles. The van der Waals surface area contributed by atoms with Crippen molar-refractivity contribution < 1.29 is 19.1 Å². The number of hydrogen-bond acceptors (Lipinski definition) is 6. The molecule has 0 aromatic carbocycles. The largest absolute Gasteiger partial charge is 0.503 e. The fourth-order valence-corrected chi connectivity index (χ4v) is 3.12. The minimum absolute atomic E-state index is 0.0392. The fraction of sp³-hybridized carbons (Fsp3) is 0.100. The number of rotatable bonds is 5. The molecule has 3 aromatic heterocycles. The molecule has 0 fully saturated rings. The Labute approximate surface area is 154 Å². The van der Waals surface area contributed by atoms with Crippen molar-refractivity contribution in [2.75, 3.05) is 0 Å². The standard InChI is InChI=1S/C20H15N3O4/c24-18(15-5-3-11-27-15)16-17(14-4-1-2-8-22-14)23(20(26)19(16)25)12-13-6-9-21-10-7-13/h1-11,17,25H,12H2. The van der Waals surface area contributed by atoms with Crippen molar-refractivity contribution in [3.8, 4) is 0 Å². The van der Waals surface area contributed by atoms with Gasteiger partial charge in [-0.05, 0) is 42.0 Å². The number of nitrogens with zero attached hydrogens (tertiary/aromatic N) is 3. The van der Waals surface area contributed by atoms with Gasteiger partial charge in [0.25, 0.3) is 5.91 Å². The number of pyridine rings is 2. The van der Waals surface area contributed by atoms with Crippen LogP contribution in [0.25, 0.3) is 0 Å². The van der Waals surface area contributed by atoms with Gasteiger partial charge in [-0.1, -0.05) is 6.07 Å². The van der Waals surface area contributed by atoms with E-state index in [0.29, 0.717) is 5.69 Å². The first-order valence-electron chi connectivity index (χ1n) is 8.29. The molecule has 4 rings (SSSR count). The molecule has 1 atom stereocenters. The van der Waals surface area contributed by atoms with Crippen LogP contribution in [0.5, 0.6) is 0 Å². The summed E-state index contributed by atoms with van der Waals surface area (Å²) >= 11 is 0. The van der Waals surface area contributed by atoms with Crippen LogP contribution in [-0.4, -0.2) is 31.7 Å². The number of hydrogen-bond donors (Lipinski definition) is 1. The van der Waals surface area contributed by atoms with Crippen molar-refractivity contribution in [2.24, 2.45) is 0 Å². The van der Waals surface area contributed by atoms with E-state index in [1.165, 1.54) is 17.2 Å². The van der Waals surface area contributed by atoms with E-state index in [4.69, 9.17) is 4.42 Å². The summed E-state index contributed by atoms with van der Waals surface area (Å²) in [5.41, 5.74) is 1.26. The van der Waals surface area contributed by atoms with E-state index in [0.717, 1.165) is 5.56 Å². The molecule has 4 heterocycles. The lowest BCUT2D eigenvalue weighted by Crippen LogP contribution is -2.31. The van der Waals surface area contributed by atoms with E-state index < -0.39 is 23.5 Å². The Balaban J connectivity index is 1.79. The van der Waals surface area contributed by atoms with Crippen LogP contribution >= 0.6 is 0 Å². The summed E-state index contributed by atoms with van der Waals surface area (Å²) in [5.74, 6) is -1.70. The Hall–Kier alpha value is -3.74. The van der Waals surface area contributed by atoms with Crippen LogP contribution in [0.3, 0.4) is 0 Å². The molecule has 7 nitrogen and oxygen atoms in total. The second kappa shape index (κ2) is 6.87. The van der Waals surface area contributed by atoms with Crippen LogP contribution in [0.2, 0.25) is 0 Å². The third-order valence-corrected chi connectivity index (χ3v) is 4.36. The van der Waals surface area contributed by atoms with Gasteiger partial charge in [-0.25, -0.2) is 0 Å². The SMILES string of the molecule is O=C(C1=C(O)C(=O)N(Cc2ccncc2)C1c1ccccn1)c1ccco1. The Morgan fingerprint density at radius 3 is 2.59 bits per heavy atom. The first-order chi connectivity index (χ1) is 13.2. The van der Waals surface area contributed by atoms with Crippen molar-refractivity contribution >= 4 is 11.7 Å². The number of aromatic nitrogens is 2. The number of Topliss-reactive ketones (excluding diaryl/α,β-unsaturated/α-hetero) is 1. The van der Waals surface area contributed by atoms with Crippen molar-refractivity contribution in [3.05, 3.63) is 95.7 Å². The van der Waals surface area contributed by atoms with E-state index in [1.54, 1.807) is 55.0 Å². The second-order valence-corrected chi connectivity index (χ2v) is 6.01. The third kappa shape index (κ3) is 2.99. The number of ketones is 1. The number of carbonyl (C=O) groups excluding carboxylic acids is 2. The highest BCUT2D eigenvalue weighted by atomic mass is 16.3. The molecule has 0 aliphatic carbocycles. The molecule has 134 valence electrons. The summed E-state index contributed by atoms with van der Waals surface area (Å²) in [6, 6.07) is 11.0. The highest BCUT2D eigenvalue weighted by Gasteiger charge is 2.45. The number of aliphatic hydroxyl groups is 1. The molecule has 7 heteroatoms. The predicted molar refractivity (Wildman–Crippen MR) is 94.5 cm³/mol. The molecule has 0 spiro atoms. The van der Waals surface area contributed by atoms with Gasteiger partial charge in [0.2, 0.25) is 5.78 Å². The molecule has 3 aromatic rings. The minimum atomic E-state index is -0.815. The number of furan rings is 1. The number of aliphatic hydroxyl groups excluding tert-OH is 1. The van der Waals surface area contributed by atoms with E-state index in [2.05, 4.69) is 9.97 Å². The molecule has 1 N–H and O–H groups in total. The average Bonchev–Trinajstić information content (AvgIpc) is 3.32. The Morgan fingerprint density at radius 1 is 1.11 bits per heavy atom. The Bertz CT molecular complexity index is 998. The van der Waals surface area contributed by atoms with Gasteiger partial charge in [0.15, 0.2) is 11.5 Å². The predicted octanol–water partition coefficient (Wildman–Crippen LogP) is 2.85. The van der Waals surface area contributed by atoms with Crippen LogP contribution in [0.15, 0.2) is 83.1 Å². The van der Waals surface area contributed by atoms with Gasteiger partial charge in [-0.15, -0.1) is 0 Å². The minimum Gasteiger partial charge on any atom is -0.503 e. The lowest BCUT2D eigenvalue weighted by Gasteiger charge is -2.25. The number of amides is 1. The first-order valence-corrected chi connectivity index (χ1v) is 8.29. The van der Waals surface area contributed by atoms with Gasteiger partial charge in [-0.3, -0.25) is 19.6 Å². The molecular weight excluding hydrogens is 346 g/mol. The first kappa shape index (κ1) is 16.7. The Kier molecular flexibility index (Phi) is 4.25. The van der Waals surface area contributed by atoms with Crippen LogP contribution in [0.1, 0.15) is 27.9 Å². The van der Waals surface area contributed by atoms with Gasteiger partial charge in [0, 0.05) is 25.1 Å². The summed E-state index contributed by atoms with van der Waals surface area (Å²) in [6.45, 7) is 0.196. The fourth-order valence-electron chi connectivity index (χ4n) is 3.12. The van der Waals surface area contributed by atoms with E-state index in [9.17, 15) is 14.7 Å². The van der Waals surface area contributed by atoms with Crippen LogP contribution < -0.4 is 0 Å². The van der Waals surface area contributed by atoms with Crippen molar-refractivity contribution in [3.63, 3.8) is 0 Å². The average molecular weight is 361 g/mol. The van der Waals surface area contributed by atoms with Gasteiger partial charge >= 0.3 is 0 Å². The van der Waals surface area contributed by atoms with Crippen molar-refractivity contribution in [1.82, 2.24) is 14.9 Å². The maximum Gasteiger partial charge on any atom is 0.290 e. The van der Waals surface area contributed by atoms with Gasteiger partial charge in [0.1, 0.15) is 6.04 Å². The lowest BCUT2D eigenvalue weighted by molar-refractivity contribution is -0.130. The molecule has 1 amide bonds. The third-order valence-electron chi connectivity index (χ3n) is 4.36. The smallest absolute Gasteiger partial charge is 0.290 e. The maximum absolute atomic E-state index is 12.9. The maximum atomic E-state index is 12.9. The van der Waals surface area contributed by atoms with Crippen LogP contribution in [-0.2, 0) is 11.3 Å². The van der Waals surface area contributed by atoms with Gasteiger partial charge < -0.3 is 14.4 Å². The second-order valence-electron chi connectivity index (χ2n) is 6.01. The normalized spacial score (nSPS) is 16.8. The zero-order valence-electron chi connectivity index (χ0n) is 14.1. The molecule has 27 heavy (non-hydrogen) atoms. The zero-order valence-corrected chi connectivity index (χ0v) is 14.1. The van der Waals surface area contributed by atoms with Crippen molar-refractivity contribution in [1.29, 1.82) is 0 Å².